The molecule has 2 rings (SSSR count). The molecule has 0 radical (unpaired) electrons. The molecule has 6 heteroatoms. The third-order valence-corrected chi connectivity index (χ3v) is 3.16. The maximum Gasteiger partial charge on any atom is 0.152 e. The highest BCUT2D eigenvalue weighted by Gasteiger charge is 2.11. The zero-order chi connectivity index (χ0) is 13.3. The summed E-state index contributed by atoms with van der Waals surface area (Å²) in [7, 11) is 1.88. The Hall–Kier alpha value is -1.59. The molecule has 4 nitrogen and oxygen atoms in total. The Morgan fingerprint density at radius 3 is 2.78 bits per heavy atom. The lowest BCUT2D eigenvalue weighted by Crippen LogP contribution is -2.12. The first-order valence-corrected chi connectivity index (χ1v) is 6.13. The largest absolute Gasteiger partial charge is 0.389 e. The van der Waals surface area contributed by atoms with Gasteiger partial charge in [-0.05, 0) is 19.1 Å². The minimum atomic E-state index is 0.260. The Morgan fingerprint density at radius 2 is 2.22 bits per heavy atom. The predicted molar refractivity (Wildman–Crippen MR) is 78.6 cm³/mol. The molecule has 2 aromatic rings. The molecule has 0 aliphatic carbocycles. The van der Waals surface area contributed by atoms with E-state index in [9.17, 15) is 0 Å². The van der Waals surface area contributed by atoms with E-state index in [1.807, 2.05) is 32.2 Å². The number of nitrogens with zero attached hydrogens (tertiary/aromatic N) is 2. The summed E-state index contributed by atoms with van der Waals surface area (Å²) in [6.07, 6.45) is 0. The lowest BCUT2D eigenvalue weighted by atomic mass is 10.1. The summed E-state index contributed by atoms with van der Waals surface area (Å²) >= 11 is 11.1. The Balaban J connectivity index is 2.40. The number of anilines is 2. The van der Waals surface area contributed by atoms with Gasteiger partial charge in [-0.3, -0.25) is 4.68 Å². The molecular formula is C12H13ClN4S. The zero-order valence-electron chi connectivity index (χ0n) is 10.1. The van der Waals surface area contributed by atoms with Gasteiger partial charge in [-0.25, -0.2) is 0 Å². The SMILES string of the molecule is Cc1cc(Nc2cccc(Cl)c2C(N)=S)nn1C. The number of thiocarbonyl (C=S) groups is 1. The van der Waals surface area contributed by atoms with Crippen molar-refractivity contribution in [3.8, 4) is 0 Å². The van der Waals surface area contributed by atoms with Gasteiger partial charge in [0, 0.05) is 18.8 Å². The van der Waals surface area contributed by atoms with E-state index in [4.69, 9.17) is 29.6 Å². The molecule has 0 spiro atoms. The maximum atomic E-state index is 6.09. The van der Waals surface area contributed by atoms with Crippen molar-refractivity contribution in [3.63, 3.8) is 0 Å². The summed E-state index contributed by atoms with van der Waals surface area (Å²) in [5.74, 6) is 0.731. The summed E-state index contributed by atoms with van der Waals surface area (Å²) in [6.45, 7) is 1.98. The Kier molecular flexibility index (Phi) is 3.54. The Bertz CT molecular complexity index is 587. The van der Waals surface area contributed by atoms with Gasteiger partial charge in [0.05, 0.1) is 16.3 Å². The van der Waals surface area contributed by atoms with Crippen LogP contribution >= 0.6 is 23.8 Å². The van der Waals surface area contributed by atoms with E-state index >= 15 is 0 Å². The minimum absolute atomic E-state index is 0.260. The van der Waals surface area contributed by atoms with E-state index in [1.165, 1.54) is 0 Å². The summed E-state index contributed by atoms with van der Waals surface area (Å²) in [6, 6.07) is 7.39. The standard InChI is InChI=1S/C12H13ClN4S/c1-7-6-10(16-17(7)2)15-9-5-3-4-8(13)11(9)12(14)18/h3-6H,1-2H3,(H2,14,18)(H,15,16). The van der Waals surface area contributed by atoms with E-state index < -0.39 is 0 Å². The number of nitrogens with one attached hydrogen (secondary N) is 1. The monoisotopic (exact) mass is 280 g/mol. The molecule has 0 atom stereocenters. The summed E-state index contributed by atoms with van der Waals surface area (Å²) in [4.78, 5) is 0.260. The van der Waals surface area contributed by atoms with E-state index in [2.05, 4.69) is 10.4 Å². The van der Waals surface area contributed by atoms with Crippen molar-refractivity contribution in [1.29, 1.82) is 0 Å². The van der Waals surface area contributed by atoms with E-state index in [-0.39, 0.29) is 4.99 Å². The van der Waals surface area contributed by atoms with Crippen LogP contribution in [0.4, 0.5) is 11.5 Å². The van der Waals surface area contributed by atoms with Crippen LogP contribution in [-0.2, 0) is 7.05 Å². The van der Waals surface area contributed by atoms with Crippen LogP contribution in [-0.4, -0.2) is 14.8 Å². The fraction of sp³-hybridized carbons (Fsp3) is 0.167. The number of aromatic nitrogens is 2. The smallest absolute Gasteiger partial charge is 0.152 e. The first-order valence-electron chi connectivity index (χ1n) is 5.35. The number of hydrogen-bond donors (Lipinski definition) is 2. The molecule has 0 bridgehead atoms. The summed E-state index contributed by atoms with van der Waals surface area (Å²) in [5, 5.41) is 8.01. The summed E-state index contributed by atoms with van der Waals surface area (Å²) < 4.78 is 1.79. The van der Waals surface area contributed by atoms with Crippen molar-refractivity contribution in [1.82, 2.24) is 9.78 Å². The third-order valence-electron chi connectivity index (χ3n) is 2.64. The average Bonchev–Trinajstić information content (AvgIpc) is 2.57. The number of rotatable bonds is 3. The maximum absolute atomic E-state index is 6.09. The van der Waals surface area contributed by atoms with Gasteiger partial charge in [-0.15, -0.1) is 0 Å². The van der Waals surface area contributed by atoms with E-state index in [0.717, 1.165) is 17.2 Å². The molecule has 0 aliphatic heterocycles. The van der Waals surface area contributed by atoms with Gasteiger partial charge in [-0.1, -0.05) is 29.9 Å². The lowest BCUT2D eigenvalue weighted by molar-refractivity contribution is 0.743. The number of aryl methyl sites for hydroxylation is 2. The first kappa shape index (κ1) is 12.9. The molecule has 3 N–H and O–H groups in total. The first-order chi connectivity index (χ1) is 8.49. The van der Waals surface area contributed by atoms with Crippen LogP contribution in [0.5, 0.6) is 0 Å². The molecule has 0 amide bonds. The highest BCUT2D eigenvalue weighted by atomic mass is 35.5. The molecule has 18 heavy (non-hydrogen) atoms. The van der Waals surface area contributed by atoms with Crippen molar-refractivity contribution < 1.29 is 0 Å². The van der Waals surface area contributed by atoms with Crippen LogP contribution in [0.3, 0.4) is 0 Å². The highest BCUT2D eigenvalue weighted by molar-refractivity contribution is 7.80. The van der Waals surface area contributed by atoms with E-state index in [1.54, 1.807) is 10.7 Å². The number of hydrogen-bond acceptors (Lipinski definition) is 3. The van der Waals surface area contributed by atoms with Crippen molar-refractivity contribution in [3.05, 3.63) is 40.5 Å². The highest BCUT2D eigenvalue weighted by Crippen LogP contribution is 2.26. The van der Waals surface area contributed by atoms with Gasteiger partial charge in [0.2, 0.25) is 0 Å². The fourth-order valence-electron chi connectivity index (χ4n) is 1.64. The van der Waals surface area contributed by atoms with Crippen LogP contribution in [0.25, 0.3) is 0 Å². The third kappa shape index (κ3) is 2.47. The Morgan fingerprint density at radius 1 is 1.50 bits per heavy atom. The predicted octanol–water partition coefficient (Wildman–Crippen LogP) is 2.76. The molecule has 0 fully saturated rings. The van der Waals surface area contributed by atoms with Crippen LogP contribution in [0.1, 0.15) is 11.3 Å². The van der Waals surface area contributed by atoms with Gasteiger partial charge in [0.1, 0.15) is 4.99 Å². The zero-order valence-corrected chi connectivity index (χ0v) is 11.6. The molecule has 94 valence electrons. The lowest BCUT2D eigenvalue weighted by Gasteiger charge is -2.10. The van der Waals surface area contributed by atoms with Crippen molar-refractivity contribution in [2.45, 2.75) is 6.92 Å². The molecule has 0 unspecified atom stereocenters. The number of benzene rings is 1. The Labute approximate surface area is 116 Å². The minimum Gasteiger partial charge on any atom is -0.389 e. The molecule has 0 aliphatic rings. The van der Waals surface area contributed by atoms with Gasteiger partial charge < -0.3 is 11.1 Å². The number of nitrogens with two attached hydrogens (primary N) is 1. The van der Waals surface area contributed by atoms with Gasteiger partial charge in [-0.2, -0.15) is 5.10 Å². The van der Waals surface area contributed by atoms with Crippen LogP contribution < -0.4 is 11.1 Å². The van der Waals surface area contributed by atoms with Crippen LogP contribution in [0.2, 0.25) is 5.02 Å². The van der Waals surface area contributed by atoms with Gasteiger partial charge in [0.25, 0.3) is 0 Å². The average molecular weight is 281 g/mol. The fourth-order valence-corrected chi connectivity index (χ4v) is 2.19. The molecule has 1 aromatic heterocycles. The topological polar surface area (TPSA) is 55.9 Å². The van der Waals surface area contributed by atoms with Gasteiger partial charge >= 0.3 is 0 Å². The van der Waals surface area contributed by atoms with Crippen molar-refractivity contribution >= 4 is 40.3 Å². The second-order valence-corrected chi connectivity index (χ2v) is 4.79. The summed E-state index contributed by atoms with van der Waals surface area (Å²) in [5.41, 5.74) is 8.13. The number of halogens is 1. The second kappa shape index (κ2) is 4.96. The van der Waals surface area contributed by atoms with Crippen LogP contribution in [0.15, 0.2) is 24.3 Å². The quantitative estimate of drug-likeness (QED) is 0.849. The van der Waals surface area contributed by atoms with Crippen molar-refractivity contribution in [2.24, 2.45) is 12.8 Å². The normalized spacial score (nSPS) is 10.4. The van der Waals surface area contributed by atoms with Crippen molar-refractivity contribution in [2.75, 3.05) is 5.32 Å². The molecule has 0 saturated heterocycles. The van der Waals surface area contributed by atoms with E-state index in [0.29, 0.717) is 10.6 Å². The van der Waals surface area contributed by atoms with Gasteiger partial charge in [0.15, 0.2) is 5.82 Å². The molecular weight excluding hydrogens is 268 g/mol. The molecule has 0 saturated carbocycles. The molecule has 1 heterocycles. The second-order valence-electron chi connectivity index (χ2n) is 3.95. The van der Waals surface area contributed by atoms with Crippen LogP contribution in [0, 0.1) is 6.92 Å². The molecule has 1 aromatic carbocycles.